The second-order valence-electron chi connectivity index (χ2n) is 6.11. The van der Waals surface area contributed by atoms with E-state index in [0.29, 0.717) is 22.9 Å². The van der Waals surface area contributed by atoms with E-state index < -0.39 is 22.0 Å². The average Bonchev–Trinajstić information content (AvgIpc) is 2.67. The van der Waals surface area contributed by atoms with Crippen molar-refractivity contribution in [3.8, 4) is 17.2 Å². The molecule has 0 spiro atoms. The minimum Gasteiger partial charge on any atom is -0.497 e. The Labute approximate surface area is 175 Å². The van der Waals surface area contributed by atoms with Gasteiger partial charge in [-0.15, -0.1) is 0 Å². The molecule has 0 aromatic heterocycles. The molecule has 0 bridgehead atoms. The lowest BCUT2D eigenvalue weighted by molar-refractivity contribution is -0.116. The van der Waals surface area contributed by atoms with Crippen molar-refractivity contribution >= 4 is 38.9 Å². The summed E-state index contributed by atoms with van der Waals surface area (Å²) in [6.07, 6.45) is 1.01. The van der Waals surface area contributed by atoms with Gasteiger partial charge in [-0.2, -0.15) is 0 Å². The molecule has 1 N–H and O–H groups in total. The van der Waals surface area contributed by atoms with E-state index in [0.717, 1.165) is 10.6 Å². The number of ether oxygens (including phenoxy) is 3. The molecule has 0 radical (unpaired) electrons. The maximum Gasteiger partial charge on any atom is 0.248 e. The maximum absolute atomic E-state index is 12.9. The molecule has 2 rings (SSSR count). The zero-order valence-corrected chi connectivity index (χ0v) is 18.3. The highest BCUT2D eigenvalue weighted by molar-refractivity contribution is 7.92. The van der Waals surface area contributed by atoms with Gasteiger partial charge in [0, 0.05) is 6.07 Å². The fourth-order valence-electron chi connectivity index (χ4n) is 2.75. The Morgan fingerprint density at radius 1 is 1.03 bits per heavy atom. The quantitative estimate of drug-likeness (QED) is 0.674. The first kappa shape index (κ1) is 22.6. The van der Waals surface area contributed by atoms with Crippen LogP contribution in [0.4, 0.5) is 11.4 Å². The number of carbonyl (C=O) groups excluding carboxylic acids is 1. The number of rotatable bonds is 8. The van der Waals surface area contributed by atoms with Crippen LogP contribution < -0.4 is 23.8 Å². The van der Waals surface area contributed by atoms with Crippen molar-refractivity contribution < 1.29 is 27.4 Å². The third-order valence-corrected chi connectivity index (χ3v) is 5.68. The van der Waals surface area contributed by atoms with Crippen LogP contribution in [-0.2, 0) is 14.8 Å². The maximum atomic E-state index is 12.9. The van der Waals surface area contributed by atoms with Crippen LogP contribution in [0.25, 0.3) is 0 Å². The summed E-state index contributed by atoms with van der Waals surface area (Å²) in [6.45, 7) is 1.47. The number of amides is 1. The Kier molecular flexibility index (Phi) is 7.21. The van der Waals surface area contributed by atoms with Crippen molar-refractivity contribution in [3.05, 3.63) is 41.4 Å². The molecule has 0 fully saturated rings. The zero-order valence-electron chi connectivity index (χ0n) is 16.7. The Morgan fingerprint density at radius 3 is 2.17 bits per heavy atom. The van der Waals surface area contributed by atoms with Gasteiger partial charge in [0.15, 0.2) is 0 Å². The Hall–Kier alpha value is -2.65. The summed E-state index contributed by atoms with van der Waals surface area (Å²) in [6, 6.07) is 8.30. The first-order valence-electron chi connectivity index (χ1n) is 8.48. The molecule has 2 aromatic carbocycles. The van der Waals surface area contributed by atoms with Gasteiger partial charge in [0.05, 0.1) is 44.0 Å². The average molecular weight is 443 g/mol. The molecule has 2 aromatic rings. The van der Waals surface area contributed by atoms with Gasteiger partial charge < -0.3 is 19.5 Å². The molecule has 0 aliphatic carbocycles. The zero-order chi connectivity index (χ0) is 21.8. The number of nitrogens with one attached hydrogen (secondary N) is 1. The minimum absolute atomic E-state index is 0.223. The van der Waals surface area contributed by atoms with Gasteiger partial charge >= 0.3 is 0 Å². The van der Waals surface area contributed by atoms with Crippen molar-refractivity contribution in [2.45, 2.75) is 13.0 Å². The highest BCUT2D eigenvalue weighted by Gasteiger charge is 2.30. The third kappa shape index (κ3) is 5.24. The molecule has 1 amide bonds. The molecule has 0 aliphatic rings. The topological polar surface area (TPSA) is 94.2 Å². The Morgan fingerprint density at radius 2 is 1.66 bits per heavy atom. The molecule has 158 valence electrons. The van der Waals surface area contributed by atoms with Crippen LogP contribution in [0.5, 0.6) is 17.2 Å². The van der Waals surface area contributed by atoms with E-state index >= 15 is 0 Å². The minimum atomic E-state index is -3.80. The smallest absolute Gasteiger partial charge is 0.248 e. The van der Waals surface area contributed by atoms with Crippen molar-refractivity contribution in [2.24, 2.45) is 0 Å². The molecular formula is C19H23ClN2O6S. The lowest BCUT2D eigenvalue weighted by Gasteiger charge is -2.28. The number of hydrogen-bond acceptors (Lipinski definition) is 6. The van der Waals surface area contributed by atoms with E-state index in [1.165, 1.54) is 46.5 Å². The number of sulfonamides is 1. The van der Waals surface area contributed by atoms with Crippen molar-refractivity contribution in [2.75, 3.05) is 37.2 Å². The van der Waals surface area contributed by atoms with Crippen LogP contribution in [0.3, 0.4) is 0 Å². The van der Waals surface area contributed by atoms with E-state index in [4.69, 9.17) is 25.8 Å². The van der Waals surface area contributed by atoms with E-state index in [2.05, 4.69) is 5.32 Å². The Balaban J connectivity index is 2.39. The van der Waals surface area contributed by atoms with Gasteiger partial charge in [0.2, 0.25) is 15.9 Å². The van der Waals surface area contributed by atoms with Crippen LogP contribution in [0, 0.1) is 0 Å². The number of halogens is 1. The molecule has 1 atom stereocenters. The van der Waals surface area contributed by atoms with E-state index in [9.17, 15) is 13.2 Å². The number of anilines is 2. The SMILES string of the molecule is COc1ccc(OC)c(NC(=O)C(C)N(c2ccc(OC)c(Cl)c2)S(C)(=O)=O)c1. The summed E-state index contributed by atoms with van der Waals surface area (Å²) >= 11 is 6.13. The number of benzene rings is 2. The normalized spacial score (nSPS) is 12.1. The molecule has 29 heavy (non-hydrogen) atoms. The lowest BCUT2D eigenvalue weighted by atomic mass is 10.2. The van der Waals surface area contributed by atoms with Gasteiger partial charge in [-0.25, -0.2) is 8.42 Å². The van der Waals surface area contributed by atoms with Gasteiger partial charge in [-0.1, -0.05) is 11.6 Å². The second kappa shape index (κ2) is 9.23. The first-order chi connectivity index (χ1) is 13.6. The fraction of sp³-hybridized carbons (Fsp3) is 0.316. The molecule has 0 aliphatic heterocycles. The number of methoxy groups -OCH3 is 3. The van der Waals surface area contributed by atoms with Crippen LogP contribution >= 0.6 is 11.6 Å². The number of nitrogens with zero attached hydrogens (tertiary/aromatic N) is 1. The van der Waals surface area contributed by atoms with Gasteiger partial charge in [-0.3, -0.25) is 9.10 Å². The summed E-state index contributed by atoms with van der Waals surface area (Å²) in [5.74, 6) is 0.747. The standard InChI is InChI=1S/C19H23ClN2O6S/c1-12(19(23)21-16-11-14(26-2)7-9-18(16)28-4)22(29(5,24)25)13-6-8-17(27-3)15(20)10-13/h6-12H,1-5H3,(H,21,23). The predicted molar refractivity (Wildman–Crippen MR) is 113 cm³/mol. The van der Waals surface area contributed by atoms with E-state index in [1.54, 1.807) is 18.2 Å². The highest BCUT2D eigenvalue weighted by Crippen LogP contribution is 2.32. The molecule has 1 unspecified atom stereocenters. The van der Waals surface area contributed by atoms with Crippen molar-refractivity contribution in [1.82, 2.24) is 0 Å². The summed E-state index contributed by atoms with van der Waals surface area (Å²) < 4.78 is 41.4. The largest absolute Gasteiger partial charge is 0.497 e. The number of hydrogen-bond donors (Lipinski definition) is 1. The first-order valence-corrected chi connectivity index (χ1v) is 10.7. The van der Waals surface area contributed by atoms with Crippen LogP contribution in [-0.4, -0.2) is 48.0 Å². The van der Waals surface area contributed by atoms with Crippen LogP contribution in [0.1, 0.15) is 6.92 Å². The van der Waals surface area contributed by atoms with E-state index in [1.807, 2.05) is 0 Å². The summed E-state index contributed by atoms with van der Waals surface area (Å²) in [5, 5.41) is 2.91. The fourth-order valence-corrected chi connectivity index (χ4v) is 4.17. The molecule has 0 saturated carbocycles. The van der Waals surface area contributed by atoms with Gasteiger partial charge in [-0.05, 0) is 37.3 Å². The summed E-state index contributed by atoms with van der Waals surface area (Å²) in [4.78, 5) is 12.9. The molecule has 0 saturated heterocycles. The Bertz CT molecular complexity index is 996. The van der Waals surface area contributed by atoms with Crippen LogP contribution in [0.15, 0.2) is 36.4 Å². The molecule has 10 heteroatoms. The summed E-state index contributed by atoms with van der Waals surface area (Å²) in [5.41, 5.74) is 0.587. The van der Waals surface area contributed by atoms with E-state index in [-0.39, 0.29) is 10.7 Å². The van der Waals surface area contributed by atoms with Crippen molar-refractivity contribution in [1.29, 1.82) is 0 Å². The monoisotopic (exact) mass is 442 g/mol. The van der Waals surface area contributed by atoms with Crippen molar-refractivity contribution in [3.63, 3.8) is 0 Å². The van der Waals surface area contributed by atoms with Crippen LogP contribution in [0.2, 0.25) is 5.02 Å². The predicted octanol–water partition coefficient (Wildman–Crippen LogP) is 3.16. The van der Waals surface area contributed by atoms with Gasteiger partial charge in [0.1, 0.15) is 23.3 Å². The molecule has 0 heterocycles. The number of carbonyl (C=O) groups is 1. The second-order valence-corrected chi connectivity index (χ2v) is 8.38. The molecular weight excluding hydrogens is 420 g/mol. The molecule has 8 nitrogen and oxygen atoms in total. The summed E-state index contributed by atoms with van der Waals surface area (Å²) in [7, 11) is 0.605. The third-order valence-electron chi connectivity index (χ3n) is 4.14. The highest BCUT2D eigenvalue weighted by atomic mass is 35.5. The van der Waals surface area contributed by atoms with Gasteiger partial charge in [0.25, 0.3) is 0 Å². The lowest BCUT2D eigenvalue weighted by Crippen LogP contribution is -2.45.